The second-order valence-corrected chi connectivity index (χ2v) is 10.8. The summed E-state index contributed by atoms with van der Waals surface area (Å²) in [6, 6.07) is 25.1. The van der Waals surface area contributed by atoms with Crippen LogP contribution < -0.4 is 4.90 Å². The van der Waals surface area contributed by atoms with Gasteiger partial charge in [0.25, 0.3) is 0 Å². The van der Waals surface area contributed by atoms with E-state index in [1.807, 2.05) is 87.5 Å². The molecule has 5 heteroatoms. The molecular formula is C32H28ClNO3. The van der Waals surface area contributed by atoms with Crippen molar-refractivity contribution in [1.29, 1.82) is 0 Å². The Morgan fingerprint density at radius 2 is 1.19 bits per heavy atom. The molecule has 0 N–H and O–H groups in total. The Hall–Kier alpha value is -3.50. The van der Waals surface area contributed by atoms with Gasteiger partial charge in [-0.1, -0.05) is 92.2 Å². The third kappa shape index (κ3) is 2.82. The topological polar surface area (TPSA) is 54.5 Å². The van der Waals surface area contributed by atoms with Crippen LogP contribution in [-0.2, 0) is 14.4 Å². The number of Topliss-reactive ketones (excluding diaryl/α,β-unsaturated/α-hetero) is 1. The number of aryl methyl sites for hydroxylation is 1. The van der Waals surface area contributed by atoms with Crippen LogP contribution in [0.1, 0.15) is 43.4 Å². The van der Waals surface area contributed by atoms with Crippen LogP contribution in [0.4, 0.5) is 5.69 Å². The number of carbonyl (C=O) groups is 3. The first kappa shape index (κ1) is 23.9. The van der Waals surface area contributed by atoms with Crippen LogP contribution in [0.15, 0.2) is 78.9 Å². The molecule has 1 heterocycles. The van der Waals surface area contributed by atoms with Crippen LogP contribution in [0, 0.1) is 29.6 Å². The van der Waals surface area contributed by atoms with Gasteiger partial charge in [0.05, 0.1) is 28.4 Å². The Labute approximate surface area is 221 Å². The number of ketones is 1. The molecule has 6 rings (SSSR count). The third-order valence-electron chi connectivity index (χ3n) is 8.97. The summed E-state index contributed by atoms with van der Waals surface area (Å²) in [4.78, 5) is 44.5. The summed E-state index contributed by atoms with van der Waals surface area (Å²) in [6.07, 6.45) is 0.883. The Balaban J connectivity index is 1.66. The molecule has 0 aromatic heterocycles. The number of allylic oxidation sites excluding steroid dienone is 2. The molecule has 3 aliphatic rings. The minimum absolute atomic E-state index is 0.0148. The van der Waals surface area contributed by atoms with E-state index in [4.69, 9.17) is 11.6 Å². The van der Waals surface area contributed by atoms with Crippen LogP contribution in [0.2, 0.25) is 5.02 Å². The van der Waals surface area contributed by atoms with Crippen molar-refractivity contribution < 1.29 is 14.4 Å². The molecule has 2 aliphatic carbocycles. The molecule has 4 atom stereocenters. The summed E-state index contributed by atoms with van der Waals surface area (Å²) in [7, 11) is 0. The van der Waals surface area contributed by atoms with Crippen molar-refractivity contribution in [1.82, 2.24) is 0 Å². The lowest BCUT2D eigenvalue weighted by Gasteiger charge is -2.38. The molecule has 0 unspecified atom stereocenters. The lowest BCUT2D eigenvalue weighted by atomic mass is 9.60. The van der Waals surface area contributed by atoms with Crippen molar-refractivity contribution in [2.24, 2.45) is 22.7 Å². The number of hydrogen-bond donors (Lipinski definition) is 0. The summed E-state index contributed by atoms with van der Waals surface area (Å²) in [6.45, 7) is 5.83. The first-order chi connectivity index (χ1) is 17.8. The van der Waals surface area contributed by atoms with Gasteiger partial charge in [-0.15, -0.1) is 0 Å². The fourth-order valence-electron chi connectivity index (χ4n) is 7.43. The smallest absolute Gasteiger partial charge is 0.239 e. The van der Waals surface area contributed by atoms with E-state index in [1.54, 1.807) is 12.1 Å². The van der Waals surface area contributed by atoms with Gasteiger partial charge >= 0.3 is 0 Å². The molecule has 3 aromatic carbocycles. The fourth-order valence-corrected chi connectivity index (χ4v) is 7.61. The second-order valence-electron chi connectivity index (χ2n) is 10.4. The minimum atomic E-state index is -1.08. The largest absolute Gasteiger partial charge is 0.298 e. The maximum absolute atomic E-state index is 14.7. The van der Waals surface area contributed by atoms with Crippen LogP contribution in [0.5, 0.6) is 0 Å². The van der Waals surface area contributed by atoms with E-state index in [0.29, 0.717) is 23.6 Å². The lowest BCUT2D eigenvalue weighted by Crippen LogP contribution is -2.41. The molecule has 0 spiro atoms. The summed E-state index contributed by atoms with van der Waals surface area (Å²) in [5.41, 5.74) is 2.85. The highest BCUT2D eigenvalue weighted by Crippen LogP contribution is 2.75. The molecule has 1 saturated carbocycles. The van der Waals surface area contributed by atoms with Crippen molar-refractivity contribution in [2.75, 3.05) is 4.90 Å². The molecule has 2 fully saturated rings. The number of carbonyl (C=O) groups excluding carboxylic acids is 3. The van der Waals surface area contributed by atoms with Crippen molar-refractivity contribution in [2.45, 2.75) is 33.6 Å². The SMILES string of the molecule is CC[C@@]12C(=O)[C@](CC)(C(c3ccccc3)=C1c1ccccc1)[C@H]1C(=O)N(c3ccc(C)c(Cl)c3)C(=O)[C@H]12. The van der Waals surface area contributed by atoms with Crippen LogP contribution in [-0.4, -0.2) is 17.6 Å². The molecule has 186 valence electrons. The van der Waals surface area contributed by atoms with Crippen LogP contribution in [0.3, 0.4) is 0 Å². The predicted octanol–water partition coefficient (Wildman–Crippen LogP) is 6.75. The number of amides is 2. The van der Waals surface area contributed by atoms with E-state index in [2.05, 4.69) is 0 Å². The number of benzene rings is 3. The van der Waals surface area contributed by atoms with Crippen molar-refractivity contribution >= 4 is 46.0 Å². The summed E-state index contributed by atoms with van der Waals surface area (Å²) < 4.78 is 0. The van der Waals surface area contributed by atoms with Gasteiger partial charge in [0, 0.05) is 5.02 Å². The van der Waals surface area contributed by atoms with E-state index in [-0.39, 0.29) is 17.6 Å². The van der Waals surface area contributed by atoms with Crippen LogP contribution in [0.25, 0.3) is 11.1 Å². The number of hydrogen-bond acceptors (Lipinski definition) is 3. The monoisotopic (exact) mass is 509 g/mol. The zero-order valence-electron chi connectivity index (χ0n) is 21.1. The van der Waals surface area contributed by atoms with Crippen molar-refractivity contribution in [3.63, 3.8) is 0 Å². The Morgan fingerprint density at radius 1 is 0.730 bits per heavy atom. The number of fused-ring (bicyclic) bond motifs is 5. The van der Waals surface area contributed by atoms with Gasteiger partial charge < -0.3 is 0 Å². The summed E-state index contributed by atoms with van der Waals surface area (Å²) in [5, 5.41) is 0.498. The van der Waals surface area contributed by atoms with E-state index < -0.39 is 22.7 Å². The highest BCUT2D eigenvalue weighted by molar-refractivity contribution is 6.35. The lowest BCUT2D eigenvalue weighted by molar-refractivity contribution is -0.134. The first-order valence-electron chi connectivity index (χ1n) is 12.9. The summed E-state index contributed by atoms with van der Waals surface area (Å²) in [5.74, 6) is -2.09. The fraction of sp³-hybridized carbons (Fsp3) is 0.281. The van der Waals surface area contributed by atoms with E-state index in [1.165, 1.54) is 4.90 Å². The number of rotatable bonds is 5. The molecular weight excluding hydrogens is 482 g/mol. The molecule has 2 amide bonds. The van der Waals surface area contributed by atoms with Gasteiger partial charge in [-0.3, -0.25) is 14.4 Å². The standard InChI is InChI=1S/C32H28ClNO3/c1-4-31-24(20-12-8-6-9-13-20)25(21-14-10-7-11-15-21)32(5-2,30(31)37)27-26(31)28(35)34(29(27)36)22-17-16-19(3)23(33)18-22/h6-18,26-27H,4-5H2,1-3H3/t26-,27+,31-,32-/m1/s1. The number of anilines is 1. The van der Waals surface area contributed by atoms with Crippen molar-refractivity contribution in [3.8, 4) is 0 Å². The maximum atomic E-state index is 14.7. The Kier molecular flexibility index (Phi) is 5.33. The Morgan fingerprint density at radius 3 is 1.59 bits per heavy atom. The molecule has 2 bridgehead atoms. The number of nitrogens with zero attached hydrogens (tertiary/aromatic N) is 1. The second kappa shape index (κ2) is 8.26. The molecule has 1 saturated heterocycles. The summed E-state index contributed by atoms with van der Waals surface area (Å²) >= 11 is 6.41. The first-order valence-corrected chi connectivity index (χ1v) is 13.3. The Bertz CT molecular complexity index is 1410. The van der Waals surface area contributed by atoms with Crippen LogP contribution >= 0.6 is 11.6 Å². The van der Waals surface area contributed by atoms with Gasteiger partial charge in [-0.2, -0.15) is 0 Å². The van der Waals surface area contributed by atoms with E-state index >= 15 is 0 Å². The van der Waals surface area contributed by atoms with Gasteiger partial charge in [-0.05, 0) is 59.7 Å². The average Bonchev–Trinajstić information content (AvgIpc) is 3.42. The third-order valence-corrected chi connectivity index (χ3v) is 9.38. The molecule has 3 aromatic rings. The average molecular weight is 510 g/mol. The zero-order chi connectivity index (χ0) is 26.1. The highest BCUT2D eigenvalue weighted by Gasteiger charge is 2.80. The van der Waals surface area contributed by atoms with E-state index in [9.17, 15) is 14.4 Å². The molecule has 4 nitrogen and oxygen atoms in total. The normalized spacial score (nSPS) is 28.4. The molecule has 1 aliphatic heterocycles. The van der Waals surface area contributed by atoms with E-state index in [0.717, 1.165) is 27.8 Å². The molecule has 0 radical (unpaired) electrons. The van der Waals surface area contributed by atoms with Gasteiger partial charge in [-0.25, -0.2) is 4.90 Å². The number of imide groups is 1. The molecule has 37 heavy (non-hydrogen) atoms. The number of halogens is 1. The quantitative estimate of drug-likeness (QED) is 0.357. The van der Waals surface area contributed by atoms with Crippen molar-refractivity contribution in [3.05, 3.63) is 101 Å². The van der Waals surface area contributed by atoms with Gasteiger partial charge in [0.15, 0.2) is 5.78 Å². The predicted molar refractivity (Wildman–Crippen MR) is 146 cm³/mol. The van der Waals surface area contributed by atoms with Gasteiger partial charge in [0.1, 0.15) is 0 Å². The maximum Gasteiger partial charge on any atom is 0.239 e. The zero-order valence-corrected chi connectivity index (χ0v) is 21.9. The minimum Gasteiger partial charge on any atom is -0.298 e. The van der Waals surface area contributed by atoms with Gasteiger partial charge in [0.2, 0.25) is 11.8 Å². The highest BCUT2D eigenvalue weighted by atomic mass is 35.5.